The fourth-order valence-corrected chi connectivity index (χ4v) is 0.473. The zero-order valence-corrected chi connectivity index (χ0v) is 8.37. The van der Waals surface area contributed by atoms with Crippen LogP contribution in [-0.2, 0) is 9.47 Å². The maximum atomic E-state index is 7.09. The number of methoxy groups -OCH3 is 2. The van der Waals surface area contributed by atoms with Crippen LogP contribution in [0.25, 0.3) is 0 Å². The van der Waals surface area contributed by atoms with Crippen LogP contribution in [0.15, 0.2) is 9.98 Å². The van der Waals surface area contributed by atoms with E-state index in [1.807, 2.05) is 13.8 Å². The maximum absolute atomic E-state index is 7.09. The lowest BCUT2D eigenvalue weighted by Gasteiger charge is -1.99. The van der Waals surface area contributed by atoms with Crippen LogP contribution < -0.4 is 0 Å². The van der Waals surface area contributed by atoms with Crippen LogP contribution in [0.1, 0.15) is 13.8 Å². The van der Waals surface area contributed by atoms with E-state index >= 15 is 0 Å². The molecule has 0 aliphatic carbocycles. The summed E-state index contributed by atoms with van der Waals surface area (Å²) in [7, 11) is 2.81. The summed E-state index contributed by atoms with van der Waals surface area (Å²) in [6.07, 6.45) is 1.69. The van der Waals surface area contributed by atoms with Gasteiger partial charge < -0.3 is 9.47 Å². The Bertz CT molecular complexity index is 221. The first-order chi connectivity index (χ1) is 6.10. The molecule has 0 aromatic rings. The van der Waals surface area contributed by atoms with Crippen molar-refractivity contribution in [2.75, 3.05) is 14.2 Å². The summed E-state index contributed by atoms with van der Waals surface area (Å²) in [5.41, 5.74) is 0. The van der Waals surface area contributed by atoms with Crippen molar-refractivity contribution in [2.45, 2.75) is 13.8 Å². The van der Waals surface area contributed by atoms with E-state index in [0.29, 0.717) is 5.92 Å². The summed E-state index contributed by atoms with van der Waals surface area (Å²) in [5, 5.41) is 7.09. The van der Waals surface area contributed by atoms with E-state index in [0.717, 1.165) is 0 Å². The second kappa shape index (κ2) is 6.16. The van der Waals surface area contributed by atoms with Gasteiger partial charge in [-0.3, -0.25) is 0 Å². The number of nitrogens with one attached hydrogen (secondary N) is 1. The lowest BCUT2D eigenvalue weighted by Crippen LogP contribution is -2.05. The molecule has 0 unspecified atom stereocenters. The molecule has 0 aromatic carbocycles. The van der Waals surface area contributed by atoms with Crippen LogP contribution >= 0.6 is 0 Å². The molecule has 0 saturated carbocycles. The summed E-state index contributed by atoms with van der Waals surface area (Å²) in [6, 6.07) is -0.0988. The van der Waals surface area contributed by atoms with Crippen molar-refractivity contribution in [1.29, 1.82) is 5.41 Å². The summed E-state index contributed by atoms with van der Waals surface area (Å²) in [6.45, 7) is 3.97. The second-order valence-corrected chi connectivity index (χ2v) is 2.63. The highest BCUT2D eigenvalue weighted by atomic mass is 16.5. The summed E-state index contributed by atoms with van der Waals surface area (Å²) < 4.78 is 9.34. The van der Waals surface area contributed by atoms with E-state index in [4.69, 9.17) is 10.1 Å². The number of ether oxygens (including phenoxy) is 2. The number of hydrogen-bond acceptors (Lipinski definition) is 3. The molecule has 13 heavy (non-hydrogen) atoms. The number of rotatable bonds is 1. The third kappa shape index (κ3) is 5.84. The Hall–Kier alpha value is -1.39. The van der Waals surface area contributed by atoms with Crippen LogP contribution in [0.5, 0.6) is 0 Å². The van der Waals surface area contributed by atoms with E-state index in [2.05, 4.69) is 14.7 Å². The third-order valence-electron chi connectivity index (χ3n) is 1.06. The van der Waals surface area contributed by atoms with E-state index < -0.39 is 0 Å². The standard InChI is InChI=1S/C8H15N3O2/c1-6(2)5-10-8(13-4)11-7(9)12-3/h5-6,9H,1-4H3/b9-7?,10-5+,11-8+. The zero-order valence-electron chi connectivity index (χ0n) is 8.37. The Kier molecular flexibility index (Phi) is 5.50. The molecule has 5 heteroatoms. The molecule has 0 fully saturated rings. The smallest absolute Gasteiger partial charge is 0.320 e. The molecule has 0 saturated heterocycles. The van der Waals surface area contributed by atoms with Gasteiger partial charge in [0.2, 0.25) is 0 Å². The highest BCUT2D eigenvalue weighted by Gasteiger charge is 1.97. The molecule has 0 aliphatic heterocycles. The van der Waals surface area contributed by atoms with Gasteiger partial charge in [0, 0.05) is 6.21 Å². The van der Waals surface area contributed by atoms with E-state index in [9.17, 15) is 0 Å². The number of hydrogen-bond donors (Lipinski definition) is 1. The average Bonchev–Trinajstić information content (AvgIpc) is 2.11. The Morgan fingerprint density at radius 3 is 2.31 bits per heavy atom. The molecule has 0 heterocycles. The maximum Gasteiger partial charge on any atom is 0.320 e. The van der Waals surface area contributed by atoms with E-state index in [1.165, 1.54) is 14.2 Å². The van der Waals surface area contributed by atoms with Crippen LogP contribution in [0.3, 0.4) is 0 Å². The van der Waals surface area contributed by atoms with Gasteiger partial charge in [0.05, 0.1) is 14.2 Å². The normalized spacial score (nSPS) is 12.2. The van der Waals surface area contributed by atoms with E-state index in [-0.39, 0.29) is 12.0 Å². The second-order valence-electron chi connectivity index (χ2n) is 2.63. The molecule has 0 atom stereocenters. The van der Waals surface area contributed by atoms with Gasteiger partial charge in [-0.05, 0) is 5.92 Å². The monoisotopic (exact) mass is 185 g/mol. The van der Waals surface area contributed by atoms with Gasteiger partial charge >= 0.3 is 12.0 Å². The summed E-state index contributed by atoms with van der Waals surface area (Å²) in [4.78, 5) is 7.55. The number of amidine groups is 2. The van der Waals surface area contributed by atoms with Crippen molar-refractivity contribution in [3.63, 3.8) is 0 Å². The molecule has 0 radical (unpaired) electrons. The topological polar surface area (TPSA) is 67.0 Å². The van der Waals surface area contributed by atoms with Gasteiger partial charge in [-0.2, -0.15) is 0 Å². The third-order valence-corrected chi connectivity index (χ3v) is 1.06. The van der Waals surface area contributed by atoms with Crippen molar-refractivity contribution in [2.24, 2.45) is 15.9 Å². The molecular formula is C8H15N3O2. The molecule has 0 bridgehead atoms. The van der Waals surface area contributed by atoms with Crippen molar-refractivity contribution in [3.8, 4) is 0 Å². The quantitative estimate of drug-likeness (QED) is 0.494. The van der Waals surface area contributed by atoms with Crippen LogP contribution in [0.2, 0.25) is 0 Å². The van der Waals surface area contributed by atoms with Gasteiger partial charge in [-0.15, -0.1) is 4.99 Å². The van der Waals surface area contributed by atoms with Gasteiger partial charge in [-0.25, -0.2) is 10.4 Å². The highest BCUT2D eigenvalue weighted by Crippen LogP contribution is 1.90. The minimum absolute atomic E-state index is 0.126. The predicted octanol–water partition coefficient (Wildman–Crippen LogP) is 1.30. The Morgan fingerprint density at radius 1 is 1.31 bits per heavy atom. The molecular weight excluding hydrogens is 170 g/mol. The highest BCUT2D eigenvalue weighted by molar-refractivity contribution is 5.91. The first-order valence-electron chi connectivity index (χ1n) is 3.89. The van der Waals surface area contributed by atoms with Crippen molar-refractivity contribution < 1.29 is 9.47 Å². The molecule has 0 amide bonds. The average molecular weight is 185 g/mol. The zero-order chi connectivity index (χ0) is 10.3. The lowest BCUT2D eigenvalue weighted by atomic mass is 10.3. The minimum atomic E-state index is -0.224. The van der Waals surface area contributed by atoms with Crippen molar-refractivity contribution >= 4 is 18.3 Å². The van der Waals surface area contributed by atoms with E-state index in [1.54, 1.807) is 6.21 Å². The largest absolute Gasteiger partial charge is 0.467 e. The molecule has 0 aromatic heterocycles. The lowest BCUT2D eigenvalue weighted by molar-refractivity contribution is 0.377. The number of aliphatic imine (C=N–C) groups is 2. The van der Waals surface area contributed by atoms with Crippen molar-refractivity contribution in [3.05, 3.63) is 0 Å². The fourth-order valence-electron chi connectivity index (χ4n) is 0.473. The molecule has 5 nitrogen and oxygen atoms in total. The molecule has 0 rings (SSSR count). The predicted molar refractivity (Wildman–Crippen MR) is 52.5 cm³/mol. The minimum Gasteiger partial charge on any atom is -0.467 e. The SMILES string of the molecule is COC(=N)/N=C(\N=C\C(C)C)OC. The van der Waals surface area contributed by atoms with Gasteiger partial charge in [-0.1, -0.05) is 13.8 Å². The van der Waals surface area contributed by atoms with Gasteiger partial charge in [0.1, 0.15) is 0 Å². The fraction of sp³-hybridized carbons (Fsp3) is 0.625. The molecule has 1 N–H and O–H groups in total. The summed E-state index contributed by atoms with van der Waals surface area (Å²) >= 11 is 0. The van der Waals surface area contributed by atoms with Crippen LogP contribution in [0.4, 0.5) is 0 Å². The Morgan fingerprint density at radius 2 is 1.92 bits per heavy atom. The first kappa shape index (κ1) is 11.6. The van der Waals surface area contributed by atoms with Crippen LogP contribution in [0, 0.1) is 11.3 Å². The molecule has 74 valence electrons. The summed E-state index contributed by atoms with van der Waals surface area (Å²) in [5.74, 6) is 0.317. The van der Waals surface area contributed by atoms with Crippen molar-refractivity contribution in [1.82, 2.24) is 0 Å². The van der Waals surface area contributed by atoms with Gasteiger partial charge in [0.25, 0.3) is 0 Å². The van der Waals surface area contributed by atoms with Crippen LogP contribution in [-0.4, -0.2) is 32.5 Å². The molecule has 0 aliphatic rings. The Labute approximate surface area is 78.0 Å². The molecule has 0 spiro atoms. The number of nitrogens with zero attached hydrogens (tertiary/aromatic N) is 2. The Balaban J connectivity index is 4.33. The van der Waals surface area contributed by atoms with Gasteiger partial charge in [0.15, 0.2) is 0 Å². The first-order valence-corrected chi connectivity index (χ1v) is 3.89.